The molecule has 1 aromatic carbocycles. The van der Waals surface area contributed by atoms with Crippen molar-refractivity contribution >= 4 is 5.69 Å². The van der Waals surface area contributed by atoms with Crippen molar-refractivity contribution < 1.29 is 4.74 Å². The topological polar surface area (TPSA) is 38.5 Å². The van der Waals surface area contributed by atoms with Crippen LogP contribution in [0.1, 0.15) is 24.0 Å². The van der Waals surface area contributed by atoms with Crippen LogP contribution in [-0.2, 0) is 11.2 Å². The number of nitrogens with two attached hydrogens (primary N) is 1. The Morgan fingerprint density at radius 2 is 2.05 bits per heavy atom. The van der Waals surface area contributed by atoms with Gasteiger partial charge in [0.1, 0.15) is 0 Å². The number of piperidine rings is 1. The smallest absolute Gasteiger partial charge is 0.0491 e. The van der Waals surface area contributed by atoms with Gasteiger partial charge in [0.25, 0.3) is 0 Å². The van der Waals surface area contributed by atoms with Gasteiger partial charge in [0, 0.05) is 32.5 Å². The number of aryl methyl sites for hydroxylation is 1. The van der Waals surface area contributed by atoms with Crippen LogP contribution in [0.4, 0.5) is 5.69 Å². The molecule has 1 heterocycles. The molecule has 0 aliphatic carbocycles. The molecule has 1 aliphatic heterocycles. The molecule has 0 radical (unpaired) electrons. The molecule has 1 saturated heterocycles. The summed E-state index contributed by atoms with van der Waals surface area (Å²) >= 11 is 0. The summed E-state index contributed by atoms with van der Waals surface area (Å²) in [5.41, 5.74) is 9.83. The molecule has 2 rings (SSSR count). The van der Waals surface area contributed by atoms with E-state index < -0.39 is 0 Å². The Bertz CT molecular complexity index is 398. The molecule has 0 aromatic heterocycles. The zero-order chi connectivity index (χ0) is 13.7. The highest BCUT2D eigenvalue weighted by molar-refractivity contribution is 5.55. The average molecular weight is 262 g/mol. The van der Waals surface area contributed by atoms with Gasteiger partial charge in [-0.2, -0.15) is 0 Å². The van der Waals surface area contributed by atoms with E-state index >= 15 is 0 Å². The number of hydrogen-bond donors (Lipinski definition) is 1. The summed E-state index contributed by atoms with van der Waals surface area (Å²) in [6.45, 7) is 6.03. The van der Waals surface area contributed by atoms with Crippen LogP contribution in [0.2, 0.25) is 0 Å². The summed E-state index contributed by atoms with van der Waals surface area (Å²) in [5.74, 6) is 0.727. The number of ether oxygens (including phenoxy) is 1. The standard InChI is InChI=1S/C16H26N2O/c1-13-3-4-16(15(11-13)5-8-17)18-9-6-14(7-10-18)12-19-2/h3-4,11,14H,5-10,12,17H2,1-2H3. The van der Waals surface area contributed by atoms with Gasteiger partial charge in [0.15, 0.2) is 0 Å². The van der Waals surface area contributed by atoms with E-state index in [1.165, 1.54) is 29.7 Å². The number of anilines is 1. The van der Waals surface area contributed by atoms with Gasteiger partial charge in [-0.25, -0.2) is 0 Å². The summed E-state index contributed by atoms with van der Waals surface area (Å²) in [4.78, 5) is 2.51. The van der Waals surface area contributed by atoms with Crippen LogP contribution >= 0.6 is 0 Å². The van der Waals surface area contributed by atoms with Crippen LogP contribution in [0.5, 0.6) is 0 Å². The maximum atomic E-state index is 5.74. The van der Waals surface area contributed by atoms with Crippen molar-refractivity contribution in [2.24, 2.45) is 11.7 Å². The minimum Gasteiger partial charge on any atom is -0.384 e. The Balaban J connectivity index is 2.06. The summed E-state index contributed by atoms with van der Waals surface area (Å²) in [7, 11) is 1.80. The van der Waals surface area contributed by atoms with Crippen molar-refractivity contribution in [1.29, 1.82) is 0 Å². The second-order valence-electron chi connectivity index (χ2n) is 5.56. The Labute approximate surface area is 116 Å². The van der Waals surface area contributed by atoms with Crippen LogP contribution in [0.25, 0.3) is 0 Å². The number of nitrogens with zero attached hydrogens (tertiary/aromatic N) is 1. The van der Waals surface area contributed by atoms with Crippen molar-refractivity contribution in [2.45, 2.75) is 26.2 Å². The normalized spacial score (nSPS) is 16.9. The fraction of sp³-hybridized carbons (Fsp3) is 0.625. The maximum absolute atomic E-state index is 5.74. The predicted molar refractivity (Wildman–Crippen MR) is 80.8 cm³/mol. The number of rotatable bonds is 5. The quantitative estimate of drug-likeness (QED) is 0.885. The van der Waals surface area contributed by atoms with Crippen molar-refractivity contribution in [1.82, 2.24) is 0 Å². The third-order valence-electron chi connectivity index (χ3n) is 4.01. The first-order valence-electron chi connectivity index (χ1n) is 7.28. The van der Waals surface area contributed by atoms with Crippen molar-refractivity contribution in [2.75, 3.05) is 38.3 Å². The molecule has 1 aromatic rings. The Kier molecular flexibility index (Phi) is 5.23. The highest BCUT2D eigenvalue weighted by Gasteiger charge is 2.20. The molecule has 1 fully saturated rings. The van der Waals surface area contributed by atoms with Crippen LogP contribution in [0, 0.1) is 12.8 Å². The molecule has 0 spiro atoms. The predicted octanol–water partition coefficient (Wildman–Crippen LogP) is 2.36. The van der Waals surface area contributed by atoms with Gasteiger partial charge in [0.05, 0.1) is 0 Å². The average Bonchev–Trinajstić information content (AvgIpc) is 2.41. The molecule has 2 N–H and O–H groups in total. The molecule has 19 heavy (non-hydrogen) atoms. The zero-order valence-corrected chi connectivity index (χ0v) is 12.2. The first-order valence-corrected chi connectivity index (χ1v) is 7.28. The van der Waals surface area contributed by atoms with Crippen LogP contribution in [0.3, 0.4) is 0 Å². The van der Waals surface area contributed by atoms with Gasteiger partial charge in [-0.05, 0) is 50.3 Å². The molecule has 0 unspecified atom stereocenters. The molecular weight excluding hydrogens is 236 g/mol. The molecule has 0 bridgehead atoms. The van der Waals surface area contributed by atoms with E-state index in [1.54, 1.807) is 7.11 Å². The first-order chi connectivity index (χ1) is 9.24. The number of hydrogen-bond acceptors (Lipinski definition) is 3. The third kappa shape index (κ3) is 3.71. The molecule has 106 valence electrons. The number of benzene rings is 1. The summed E-state index contributed by atoms with van der Waals surface area (Å²) < 4.78 is 5.27. The van der Waals surface area contributed by atoms with Crippen molar-refractivity contribution in [3.05, 3.63) is 29.3 Å². The van der Waals surface area contributed by atoms with Gasteiger partial charge in [-0.15, -0.1) is 0 Å². The van der Waals surface area contributed by atoms with E-state index in [9.17, 15) is 0 Å². The van der Waals surface area contributed by atoms with Crippen LogP contribution < -0.4 is 10.6 Å². The monoisotopic (exact) mass is 262 g/mol. The fourth-order valence-electron chi connectivity index (χ4n) is 2.95. The second-order valence-corrected chi connectivity index (χ2v) is 5.56. The Hall–Kier alpha value is -1.06. The van der Waals surface area contributed by atoms with Gasteiger partial charge in [0.2, 0.25) is 0 Å². The lowest BCUT2D eigenvalue weighted by molar-refractivity contribution is 0.139. The molecule has 1 aliphatic rings. The molecular formula is C16H26N2O. The van der Waals surface area contributed by atoms with Crippen molar-refractivity contribution in [3.8, 4) is 0 Å². The van der Waals surface area contributed by atoms with E-state index in [1.807, 2.05) is 0 Å². The summed E-state index contributed by atoms with van der Waals surface area (Å²) in [6.07, 6.45) is 3.42. The van der Waals surface area contributed by atoms with Crippen molar-refractivity contribution in [3.63, 3.8) is 0 Å². The SMILES string of the molecule is COCC1CCN(c2ccc(C)cc2CCN)CC1. The highest BCUT2D eigenvalue weighted by atomic mass is 16.5. The lowest BCUT2D eigenvalue weighted by Gasteiger charge is -2.34. The van der Waals surface area contributed by atoms with Gasteiger partial charge in [-0.3, -0.25) is 0 Å². The van der Waals surface area contributed by atoms with E-state index in [-0.39, 0.29) is 0 Å². The lowest BCUT2D eigenvalue weighted by Crippen LogP contribution is -2.35. The zero-order valence-electron chi connectivity index (χ0n) is 12.2. The third-order valence-corrected chi connectivity index (χ3v) is 4.01. The first kappa shape index (κ1) is 14.4. The van der Waals surface area contributed by atoms with Gasteiger partial charge in [-0.1, -0.05) is 17.7 Å². The largest absolute Gasteiger partial charge is 0.384 e. The molecule has 0 atom stereocenters. The number of methoxy groups -OCH3 is 1. The molecule has 0 amide bonds. The van der Waals surface area contributed by atoms with Gasteiger partial charge >= 0.3 is 0 Å². The van der Waals surface area contributed by atoms with E-state index in [0.29, 0.717) is 0 Å². The lowest BCUT2D eigenvalue weighted by atomic mass is 9.96. The van der Waals surface area contributed by atoms with Gasteiger partial charge < -0.3 is 15.4 Å². The van der Waals surface area contributed by atoms with Crippen LogP contribution in [0.15, 0.2) is 18.2 Å². The van der Waals surface area contributed by atoms with Crippen LogP contribution in [-0.4, -0.2) is 33.4 Å². The minimum atomic E-state index is 0.719. The Morgan fingerprint density at radius 1 is 1.32 bits per heavy atom. The molecule has 0 saturated carbocycles. The molecule has 3 heteroatoms. The minimum absolute atomic E-state index is 0.719. The summed E-state index contributed by atoms with van der Waals surface area (Å²) in [5, 5.41) is 0. The van der Waals surface area contributed by atoms with E-state index in [4.69, 9.17) is 10.5 Å². The van der Waals surface area contributed by atoms with E-state index in [0.717, 1.165) is 38.6 Å². The molecule has 3 nitrogen and oxygen atoms in total. The maximum Gasteiger partial charge on any atom is 0.0491 e. The summed E-state index contributed by atoms with van der Waals surface area (Å²) in [6, 6.07) is 6.75. The Morgan fingerprint density at radius 3 is 2.68 bits per heavy atom. The van der Waals surface area contributed by atoms with E-state index in [2.05, 4.69) is 30.0 Å². The fourth-order valence-corrected chi connectivity index (χ4v) is 2.95. The second kappa shape index (κ2) is 6.92. The highest BCUT2D eigenvalue weighted by Crippen LogP contribution is 2.27.